The molecule has 2 atom stereocenters. The summed E-state index contributed by atoms with van der Waals surface area (Å²) < 4.78 is 5.24. The topological polar surface area (TPSA) is 46.6 Å². The van der Waals surface area contributed by atoms with Gasteiger partial charge in [-0.15, -0.1) is 0 Å². The number of nitrogens with zero attached hydrogens (tertiary/aromatic N) is 1. The molecule has 0 N–H and O–H groups in total. The molecule has 4 nitrogen and oxygen atoms in total. The first-order valence-corrected chi connectivity index (χ1v) is 7.56. The second-order valence-electron chi connectivity index (χ2n) is 6.27. The van der Waals surface area contributed by atoms with E-state index in [0.29, 0.717) is 19.4 Å². The second kappa shape index (κ2) is 4.21. The number of allylic oxidation sites excluding steroid dienone is 1. The minimum absolute atomic E-state index is 0.132. The summed E-state index contributed by atoms with van der Waals surface area (Å²) in [5, 5.41) is 0. The van der Waals surface area contributed by atoms with Gasteiger partial charge in [-0.1, -0.05) is 12.2 Å². The van der Waals surface area contributed by atoms with Gasteiger partial charge in [-0.25, -0.2) is 0 Å². The average Bonchev–Trinajstić information content (AvgIpc) is 2.64. The number of cyclic esters (lactones) is 1. The van der Waals surface area contributed by atoms with Crippen LogP contribution in [0.2, 0.25) is 0 Å². The molecule has 0 radical (unpaired) electrons. The van der Waals surface area contributed by atoms with E-state index in [-0.39, 0.29) is 23.3 Å². The monoisotopic (exact) mass is 273 g/mol. The molecular formula is C16H19NO3. The van der Waals surface area contributed by atoms with Crippen molar-refractivity contribution in [1.82, 2.24) is 4.90 Å². The lowest BCUT2D eigenvalue weighted by molar-refractivity contribution is -0.144. The summed E-state index contributed by atoms with van der Waals surface area (Å²) in [6.07, 6.45) is 9.28. The third-order valence-corrected chi connectivity index (χ3v) is 5.39. The van der Waals surface area contributed by atoms with E-state index in [4.69, 9.17) is 4.74 Å². The maximum atomic E-state index is 12.4. The maximum absolute atomic E-state index is 12.4. The highest BCUT2D eigenvalue weighted by Gasteiger charge is 2.56. The number of ether oxygens (including phenoxy) is 1. The first-order valence-electron chi connectivity index (χ1n) is 7.56. The van der Waals surface area contributed by atoms with Crippen molar-refractivity contribution in [1.29, 1.82) is 0 Å². The summed E-state index contributed by atoms with van der Waals surface area (Å²) in [4.78, 5) is 26.3. The van der Waals surface area contributed by atoms with Crippen LogP contribution in [-0.4, -0.2) is 35.5 Å². The molecular weight excluding hydrogens is 254 g/mol. The molecule has 106 valence electrons. The maximum Gasteiger partial charge on any atom is 0.310 e. The number of amides is 1. The highest BCUT2D eigenvalue weighted by atomic mass is 16.5. The zero-order valence-corrected chi connectivity index (χ0v) is 11.6. The van der Waals surface area contributed by atoms with Gasteiger partial charge in [0.2, 0.25) is 5.91 Å². The summed E-state index contributed by atoms with van der Waals surface area (Å²) in [6.45, 7) is 1.26. The van der Waals surface area contributed by atoms with Gasteiger partial charge < -0.3 is 9.64 Å². The molecule has 1 saturated heterocycles. The van der Waals surface area contributed by atoms with Crippen LogP contribution >= 0.6 is 0 Å². The number of carbonyl (C=O) groups excluding carboxylic acids is 2. The minimum Gasteiger partial charge on any atom is -0.461 e. The predicted molar refractivity (Wildman–Crippen MR) is 72.8 cm³/mol. The molecule has 4 heteroatoms. The zero-order chi connectivity index (χ0) is 13.7. The van der Waals surface area contributed by atoms with Gasteiger partial charge in [0, 0.05) is 18.9 Å². The Morgan fingerprint density at radius 1 is 1.35 bits per heavy atom. The smallest absolute Gasteiger partial charge is 0.310 e. The lowest BCUT2D eigenvalue weighted by Gasteiger charge is -2.45. The molecule has 20 heavy (non-hydrogen) atoms. The molecule has 1 aliphatic carbocycles. The van der Waals surface area contributed by atoms with E-state index < -0.39 is 0 Å². The number of carbonyl (C=O) groups is 2. The van der Waals surface area contributed by atoms with Crippen LogP contribution in [0.1, 0.15) is 38.5 Å². The summed E-state index contributed by atoms with van der Waals surface area (Å²) >= 11 is 0. The predicted octanol–water partition coefficient (Wildman–Crippen LogP) is 1.96. The van der Waals surface area contributed by atoms with Gasteiger partial charge in [0.25, 0.3) is 0 Å². The molecule has 4 aliphatic rings. The molecule has 0 aromatic rings. The first kappa shape index (κ1) is 12.2. The Bertz CT molecular complexity index is 548. The van der Waals surface area contributed by atoms with Crippen molar-refractivity contribution < 1.29 is 14.3 Å². The fourth-order valence-corrected chi connectivity index (χ4v) is 4.57. The minimum atomic E-state index is -0.211. The van der Waals surface area contributed by atoms with Gasteiger partial charge in [0.1, 0.15) is 6.61 Å². The number of esters is 1. The third kappa shape index (κ3) is 1.48. The van der Waals surface area contributed by atoms with Crippen LogP contribution in [0.5, 0.6) is 0 Å². The lowest BCUT2D eigenvalue weighted by Crippen LogP contribution is -2.52. The summed E-state index contributed by atoms with van der Waals surface area (Å²) in [5.41, 5.74) is 2.28. The van der Waals surface area contributed by atoms with Gasteiger partial charge in [-0.2, -0.15) is 0 Å². The molecule has 3 aliphatic heterocycles. The van der Waals surface area contributed by atoms with Crippen molar-refractivity contribution in [2.75, 3.05) is 13.2 Å². The molecule has 4 rings (SSSR count). The van der Waals surface area contributed by atoms with Gasteiger partial charge >= 0.3 is 5.97 Å². The van der Waals surface area contributed by atoms with Crippen LogP contribution in [0.15, 0.2) is 23.3 Å². The lowest BCUT2D eigenvalue weighted by atomic mass is 9.69. The number of hydrogen-bond donors (Lipinski definition) is 0. The molecule has 0 aromatic heterocycles. The number of rotatable bonds is 0. The van der Waals surface area contributed by atoms with Gasteiger partial charge in [-0.3, -0.25) is 9.59 Å². The van der Waals surface area contributed by atoms with Crippen LogP contribution in [0, 0.1) is 5.92 Å². The van der Waals surface area contributed by atoms with Crippen molar-refractivity contribution in [2.24, 2.45) is 5.92 Å². The fourth-order valence-electron chi connectivity index (χ4n) is 4.57. The van der Waals surface area contributed by atoms with Gasteiger partial charge in [0.05, 0.1) is 12.0 Å². The Labute approximate surface area is 118 Å². The van der Waals surface area contributed by atoms with E-state index in [2.05, 4.69) is 17.1 Å². The Morgan fingerprint density at radius 2 is 2.25 bits per heavy atom. The van der Waals surface area contributed by atoms with E-state index in [1.165, 1.54) is 11.1 Å². The molecule has 0 unspecified atom stereocenters. The van der Waals surface area contributed by atoms with Crippen molar-refractivity contribution in [2.45, 2.75) is 44.1 Å². The van der Waals surface area contributed by atoms with Crippen molar-refractivity contribution in [3.05, 3.63) is 23.3 Å². The molecule has 1 spiro atoms. The SMILES string of the molecule is O=C1CC2=C(CCCN3C(=O)C[C@H]4C=CCC[C@]243)CO1. The highest BCUT2D eigenvalue weighted by molar-refractivity contribution is 5.84. The molecule has 0 aromatic carbocycles. The van der Waals surface area contributed by atoms with E-state index in [9.17, 15) is 9.59 Å². The molecule has 1 amide bonds. The standard InChI is InChI=1S/C16H19NO3/c18-14-8-12-5-1-2-6-16(12)13-9-15(19)20-10-11(13)4-3-7-17(14)16/h1,5,12H,2-4,6-10H2/t12-,16-/m1/s1. The van der Waals surface area contributed by atoms with E-state index in [1.54, 1.807) is 0 Å². The average molecular weight is 273 g/mol. The first-order chi connectivity index (χ1) is 9.72. The van der Waals surface area contributed by atoms with E-state index in [1.807, 2.05) is 0 Å². The molecule has 1 fully saturated rings. The number of hydrogen-bond acceptors (Lipinski definition) is 3. The Morgan fingerprint density at radius 3 is 3.15 bits per heavy atom. The zero-order valence-electron chi connectivity index (χ0n) is 11.6. The second-order valence-corrected chi connectivity index (χ2v) is 6.27. The van der Waals surface area contributed by atoms with E-state index in [0.717, 1.165) is 32.2 Å². The normalized spacial score (nSPS) is 36.2. The summed E-state index contributed by atoms with van der Waals surface area (Å²) in [6, 6.07) is 0. The van der Waals surface area contributed by atoms with Crippen LogP contribution in [-0.2, 0) is 14.3 Å². The van der Waals surface area contributed by atoms with Crippen LogP contribution in [0.3, 0.4) is 0 Å². The quantitative estimate of drug-likeness (QED) is 0.500. The molecule has 3 heterocycles. The van der Waals surface area contributed by atoms with Crippen LogP contribution < -0.4 is 0 Å². The summed E-state index contributed by atoms with van der Waals surface area (Å²) in [5.74, 6) is 0.375. The van der Waals surface area contributed by atoms with Gasteiger partial charge in [0.15, 0.2) is 0 Å². The third-order valence-electron chi connectivity index (χ3n) is 5.39. The Balaban J connectivity index is 1.89. The van der Waals surface area contributed by atoms with Crippen LogP contribution in [0.4, 0.5) is 0 Å². The Kier molecular flexibility index (Phi) is 2.56. The Hall–Kier alpha value is -1.58. The largest absolute Gasteiger partial charge is 0.461 e. The van der Waals surface area contributed by atoms with Gasteiger partial charge in [-0.05, 0) is 36.8 Å². The van der Waals surface area contributed by atoms with Crippen molar-refractivity contribution in [3.63, 3.8) is 0 Å². The van der Waals surface area contributed by atoms with Crippen molar-refractivity contribution in [3.8, 4) is 0 Å². The van der Waals surface area contributed by atoms with Crippen LogP contribution in [0.25, 0.3) is 0 Å². The van der Waals surface area contributed by atoms with E-state index >= 15 is 0 Å². The molecule has 0 bridgehead atoms. The van der Waals surface area contributed by atoms with Crippen molar-refractivity contribution >= 4 is 11.9 Å². The summed E-state index contributed by atoms with van der Waals surface area (Å²) in [7, 11) is 0. The highest BCUT2D eigenvalue weighted by Crippen LogP contribution is 2.51. The fraction of sp³-hybridized carbons (Fsp3) is 0.625. The molecule has 0 saturated carbocycles.